The first-order chi connectivity index (χ1) is 19.0. The van der Waals surface area contributed by atoms with Crippen molar-refractivity contribution in [3.05, 3.63) is 12.2 Å². The Bertz CT molecular complexity index is 723. The Morgan fingerprint density at radius 1 is 0.750 bits per heavy atom. The van der Waals surface area contributed by atoms with Crippen LogP contribution in [0.5, 0.6) is 0 Å². The monoisotopic (exact) mass is 592 g/mol. The maximum atomic E-state index is 12.4. The molecule has 236 valence electrons. The molecule has 1 N–H and O–H groups in total. The molecule has 0 aliphatic carbocycles. The van der Waals surface area contributed by atoms with Gasteiger partial charge in [-0.3, -0.25) is 18.6 Å². The van der Waals surface area contributed by atoms with Gasteiger partial charge in [0.1, 0.15) is 19.8 Å². The van der Waals surface area contributed by atoms with Crippen molar-refractivity contribution in [2.24, 2.45) is 0 Å². The topological polar surface area (TPSA) is 108 Å². The zero-order chi connectivity index (χ0) is 30.1. The number of rotatable bonds is 27. The van der Waals surface area contributed by atoms with Crippen molar-refractivity contribution < 1.29 is 42.1 Å². The Morgan fingerprint density at radius 2 is 1.32 bits per heavy atom. The molecule has 0 radical (unpaired) electrons. The second-order valence-corrected chi connectivity index (χ2v) is 12.9. The van der Waals surface area contributed by atoms with Crippen molar-refractivity contribution in [2.45, 2.75) is 123 Å². The van der Waals surface area contributed by atoms with Crippen LogP contribution in [0.15, 0.2) is 12.2 Å². The first-order valence-corrected chi connectivity index (χ1v) is 16.9. The number of ether oxygens (including phenoxy) is 2. The van der Waals surface area contributed by atoms with Crippen LogP contribution in [-0.2, 0) is 32.7 Å². The Balaban J connectivity index is 4.22. The molecule has 0 aromatic rings. The summed E-state index contributed by atoms with van der Waals surface area (Å²) in [6, 6.07) is 0. The van der Waals surface area contributed by atoms with Gasteiger partial charge in [0, 0.05) is 12.8 Å². The third-order valence-corrected chi connectivity index (χ3v) is 7.25. The highest BCUT2D eigenvalue weighted by atomic mass is 31.2. The second kappa shape index (κ2) is 24.4. The van der Waals surface area contributed by atoms with Crippen LogP contribution in [-0.4, -0.2) is 74.9 Å². The van der Waals surface area contributed by atoms with Gasteiger partial charge in [-0.05, 0) is 38.5 Å². The Hall–Kier alpha value is -1.25. The van der Waals surface area contributed by atoms with Crippen molar-refractivity contribution >= 4 is 19.8 Å². The third-order valence-electron chi connectivity index (χ3n) is 6.27. The lowest BCUT2D eigenvalue weighted by atomic mass is 10.1. The lowest BCUT2D eigenvalue weighted by Crippen LogP contribution is -2.37. The van der Waals surface area contributed by atoms with Crippen LogP contribution >= 0.6 is 7.82 Å². The average molecular weight is 593 g/mol. The maximum absolute atomic E-state index is 12.4. The molecule has 9 nitrogen and oxygen atoms in total. The number of unbranched alkanes of at least 4 members (excludes halogenated alkanes) is 11. The second-order valence-electron chi connectivity index (χ2n) is 11.5. The standard InChI is InChI=1S/C30H58NO8P/c1-6-8-9-10-11-12-13-14-15-16-17-18-19-20-21-23-30(33)39-28(26-36-29(32)22-7-2)27-38-40(34,35)37-25-24-31(3,4)5/h14-15,28H,6-13,16-27H2,1-5H3/p+1/b15-14-/t28-/m0/s1. The van der Waals surface area contributed by atoms with Crippen molar-refractivity contribution in [1.82, 2.24) is 0 Å². The Labute approximate surface area is 244 Å². The fraction of sp³-hybridized carbons (Fsp3) is 0.867. The van der Waals surface area contributed by atoms with Gasteiger partial charge in [0.05, 0.1) is 27.7 Å². The number of phosphoric acid groups is 1. The van der Waals surface area contributed by atoms with E-state index >= 15 is 0 Å². The predicted molar refractivity (Wildman–Crippen MR) is 160 cm³/mol. The zero-order valence-electron chi connectivity index (χ0n) is 26.1. The molecule has 0 aromatic heterocycles. The quantitative estimate of drug-likeness (QED) is 0.0353. The van der Waals surface area contributed by atoms with E-state index in [4.69, 9.17) is 18.5 Å². The molecular weight excluding hydrogens is 533 g/mol. The normalized spacial score (nSPS) is 14.2. The van der Waals surface area contributed by atoms with Gasteiger partial charge in [-0.15, -0.1) is 0 Å². The minimum absolute atomic E-state index is 0.0305. The minimum atomic E-state index is -4.34. The molecule has 0 heterocycles. The molecule has 0 fully saturated rings. The molecule has 0 aromatic carbocycles. The molecule has 0 aliphatic rings. The summed E-state index contributed by atoms with van der Waals surface area (Å²) in [4.78, 5) is 34.1. The summed E-state index contributed by atoms with van der Waals surface area (Å²) in [5, 5.41) is 0. The third kappa shape index (κ3) is 26.9. The average Bonchev–Trinajstić information content (AvgIpc) is 2.87. The summed E-state index contributed by atoms with van der Waals surface area (Å²) in [7, 11) is 1.46. The van der Waals surface area contributed by atoms with E-state index in [0.29, 0.717) is 23.9 Å². The van der Waals surface area contributed by atoms with Gasteiger partial charge in [0.2, 0.25) is 0 Å². The maximum Gasteiger partial charge on any atom is 0.472 e. The largest absolute Gasteiger partial charge is 0.472 e. The van der Waals surface area contributed by atoms with E-state index in [2.05, 4.69) is 19.1 Å². The van der Waals surface area contributed by atoms with E-state index in [-0.39, 0.29) is 26.1 Å². The highest BCUT2D eigenvalue weighted by molar-refractivity contribution is 7.47. The van der Waals surface area contributed by atoms with Crippen LogP contribution in [0.25, 0.3) is 0 Å². The number of nitrogens with zero attached hydrogens (tertiary/aromatic N) is 1. The molecular formula is C30H59NO8P+. The van der Waals surface area contributed by atoms with E-state index in [1.165, 1.54) is 44.9 Å². The van der Waals surface area contributed by atoms with Crippen LogP contribution in [0.2, 0.25) is 0 Å². The van der Waals surface area contributed by atoms with Crippen LogP contribution in [0.1, 0.15) is 117 Å². The number of hydrogen-bond acceptors (Lipinski definition) is 7. The number of carbonyl (C=O) groups excluding carboxylic acids is 2. The van der Waals surface area contributed by atoms with E-state index in [1.54, 1.807) is 0 Å². The van der Waals surface area contributed by atoms with Crippen LogP contribution in [0, 0.1) is 0 Å². The van der Waals surface area contributed by atoms with Crippen LogP contribution < -0.4 is 0 Å². The number of likely N-dealkylation sites (N-methyl/N-ethyl adjacent to an activating group) is 1. The summed E-state index contributed by atoms with van der Waals surface area (Å²) >= 11 is 0. The lowest BCUT2D eigenvalue weighted by molar-refractivity contribution is -0.870. The molecule has 0 rings (SSSR count). The summed E-state index contributed by atoms with van der Waals surface area (Å²) in [6.45, 7) is 3.99. The number of esters is 2. The van der Waals surface area contributed by atoms with Crippen LogP contribution in [0.4, 0.5) is 0 Å². The van der Waals surface area contributed by atoms with Gasteiger partial charge in [-0.1, -0.05) is 77.4 Å². The van der Waals surface area contributed by atoms with E-state index in [9.17, 15) is 19.0 Å². The number of hydrogen-bond donors (Lipinski definition) is 1. The number of quaternary nitrogens is 1. The van der Waals surface area contributed by atoms with E-state index in [1.807, 2.05) is 28.1 Å². The molecule has 0 bridgehead atoms. The number of allylic oxidation sites excluding steroid dienone is 2. The van der Waals surface area contributed by atoms with E-state index < -0.39 is 32.5 Å². The van der Waals surface area contributed by atoms with Gasteiger partial charge in [-0.2, -0.15) is 0 Å². The predicted octanol–water partition coefficient (Wildman–Crippen LogP) is 7.12. The minimum Gasteiger partial charge on any atom is -0.462 e. The lowest BCUT2D eigenvalue weighted by Gasteiger charge is -2.24. The summed E-state index contributed by atoms with van der Waals surface area (Å²) in [5.41, 5.74) is 0. The molecule has 0 spiro atoms. The van der Waals surface area contributed by atoms with Gasteiger partial charge in [0.25, 0.3) is 0 Å². The fourth-order valence-electron chi connectivity index (χ4n) is 3.81. The summed E-state index contributed by atoms with van der Waals surface area (Å²) in [6.07, 6.45) is 19.9. The zero-order valence-corrected chi connectivity index (χ0v) is 27.0. The van der Waals surface area contributed by atoms with Crippen LogP contribution in [0.3, 0.4) is 0 Å². The highest BCUT2D eigenvalue weighted by Gasteiger charge is 2.26. The molecule has 1 unspecified atom stereocenters. The van der Waals surface area contributed by atoms with Gasteiger partial charge in [0.15, 0.2) is 6.10 Å². The smallest absolute Gasteiger partial charge is 0.462 e. The molecule has 0 amide bonds. The summed E-state index contributed by atoms with van der Waals surface area (Å²) in [5.74, 6) is -0.872. The molecule has 40 heavy (non-hydrogen) atoms. The number of carbonyl (C=O) groups is 2. The van der Waals surface area contributed by atoms with Gasteiger partial charge >= 0.3 is 19.8 Å². The Kier molecular flexibility index (Phi) is 23.6. The highest BCUT2D eigenvalue weighted by Crippen LogP contribution is 2.43. The molecule has 10 heteroatoms. The SMILES string of the molecule is CCCCCCCC/C=C\CCCCCCCC(=O)O[C@@H](COC(=O)CCC)COP(=O)(O)OCC[N+](C)(C)C. The first kappa shape index (κ1) is 38.8. The summed E-state index contributed by atoms with van der Waals surface area (Å²) < 4.78 is 33.4. The molecule has 0 aliphatic heterocycles. The van der Waals surface area contributed by atoms with E-state index in [0.717, 1.165) is 32.1 Å². The molecule has 0 saturated carbocycles. The van der Waals surface area contributed by atoms with Crippen molar-refractivity contribution in [2.75, 3.05) is 47.5 Å². The van der Waals surface area contributed by atoms with Crippen molar-refractivity contribution in [3.8, 4) is 0 Å². The molecule has 2 atom stereocenters. The van der Waals surface area contributed by atoms with Crippen molar-refractivity contribution in [3.63, 3.8) is 0 Å². The molecule has 0 saturated heterocycles. The van der Waals surface area contributed by atoms with Gasteiger partial charge < -0.3 is 18.9 Å². The fourth-order valence-corrected chi connectivity index (χ4v) is 4.55. The number of phosphoric ester groups is 1. The van der Waals surface area contributed by atoms with Gasteiger partial charge in [-0.25, -0.2) is 4.57 Å². The Morgan fingerprint density at radius 3 is 1.90 bits per heavy atom. The first-order valence-electron chi connectivity index (χ1n) is 15.4. The van der Waals surface area contributed by atoms with Crippen molar-refractivity contribution in [1.29, 1.82) is 0 Å².